The third-order valence-corrected chi connectivity index (χ3v) is 6.05. The van der Waals surface area contributed by atoms with Crippen LogP contribution in [0.4, 0.5) is 0 Å². The number of amides is 1. The van der Waals surface area contributed by atoms with Crippen molar-refractivity contribution in [2.75, 3.05) is 7.11 Å². The van der Waals surface area contributed by atoms with E-state index in [-0.39, 0.29) is 11.3 Å². The Morgan fingerprint density at radius 3 is 2.69 bits per heavy atom. The Morgan fingerprint density at radius 1 is 1.14 bits per heavy atom. The Bertz CT molecular complexity index is 1100. The largest absolute Gasteiger partial charge is 0.497 e. The van der Waals surface area contributed by atoms with Gasteiger partial charge in [-0.2, -0.15) is 5.10 Å². The molecule has 0 saturated carbocycles. The number of rotatable bonds is 4. The van der Waals surface area contributed by atoms with Crippen LogP contribution in [0, 0.1) is 5.41 Å². The third-order valence-electron chi connectivity index (χ3n) is 6.05. The minimum atomic E-state index is 0.0933. The molecule has 0 saturated heterocycles. The molecule has 2 aromatic carbocycles. The fraction of sp³-hybridized carbons (Fsp3) is 0.333. The number of H-pyrrole nitrogens is 1. The van der Waals surface area contributed by atoms with Crippen LogP contribution in [0.1, 0.15) is 46.6 Å². The van der Waals surface area contributed by atoms with Crippen LogP contribution in [-0.2, 0) is 25.9 Å². The maximum Gasteiger partial charge on any atom is 0.254 e. The molecule has 0 atom stereocenters. The van der Waals surface area contributed by atoms with E-state index in [2.05, 4.69) is 30.1 Å². The number of carbonyl (C=O) groups is 1. The molecular weight excluding hydrogens is 362 g/mol. The van der Waals surface area contributed by atoms with E-state index in [1.54, 1.807) is 7.11 Å². The molecule has 1 amide bonds. The van der Waals surface area contributed by atoms with Crippen LogP contribution < -0.4 is 4.74 Å². The molecule has 1 aliphatic heterocycles. The van der Waals surface area contributed by atoms with E-state index >= 15 is 0 Å². The predicted molar refractivity (Wildman–Crippen MR) is 112 cm³/mol. The first-order valence-electron chi connectivity index (χ1n) is 10.1. The van der Waals surface area contributed by atoms with Crippen LogP contribution in [0.15, 0.2) is 42.5 Å². The van der Waals surface area contributed by atoms with Crippen LogP contribution in [-0.4, -0.2) is 28.1 Å². The van der Waals surface area contributed by atoms with Gasteiger partial charge in [-0.3, -0.25) is 9.89 Å². The average molecular weight is 387 g/mol. The van der Waals surface area contributed by atoms with Crippen molar-refractivity contribution in [2.45, 2.75) is 39.8 Å². The molecule has 1 aromatic heterocycles. The number of methoxy groups -OCH3 is 1. The van der Waals surface area contributed by atoms with Crippen molar-refractivity contribution >= 4 is 5.91 Å². The summed E-state index contributed by atoms with van der Waals surface area (Å²) in [7, 11) is 1.66. The molecule has 0 spiro atoms. The van der Waals surface area contributed by atoms with Crippen LogP contribution in [0.2, 0.25) is 0 Å². The summed E-state index contributed by atoms with van der Waals surface area (Å²) >= 11 is 0. The number of hydrogen-bond acceptors (Lipinski definition) is 3. The van der Waals surface area contributed by atoms with E-state index < -0.39 is 0 Å². The Balaban J connectivity index is 1.39. The maximum absolute atomic E-state index is 12.9. The highest BCUT2D eigenvalue weighted by Crippen LogP contribution is 2.40. The standard InChI is InChI=1S/C24H25N3O2/c1-24(2)11-20-21(12-24)25-26-22(20)16-6-9-19-17(10-16)14-27(23(19)28)13-15-4-7-18(29-3)8-5-15/h4-10H,11-14H2,1-3H3,(H,25,26). The summed E-state index contributed by atoms with van der Waals surface area (Å²) in [5.74, 6) is 0.917. The van der Waals surface area contributed by atoms with Crippen molar-refractivity contribution in [1.29, 1.82) is 0 Å². The Hall–Kier alpha value is -3.08. The molecule has 29 heavy (non-hydrogen) atoms. The van der Waals surface area contributed by atoms with Crippen LogP contribution in [0.5, 0.6) is 5.75 Å². The molecule has 0 bridgehead atoms. The molecule has 1 aliphatic carbocycles. The zero-order valence-corrected chi connectivity index (χ0v) is 17.1. The summed E-state index contributed by atoms with van der Waals surface area (Å²) in [6.45, 7) is 5.82. The van der Waals surface area contributed by atoms with E-state index in [0.717, 1.165) is 46.5 Å². The van der Waals surface area contributed by atoms with Gasteiger partial charge in [0.05, 0.1) is 12.8 Å². The lowest BCUT2D eigenvalue weighted by molar-refractivity contribution is 0.0766. The van der Waals surface area contributed by atoms with Gasteiger partial charge < -0.3 is 9.64 Å². The number of ether oxygens (including phenoxy) is 1. The van der Waals surface area contributed by atoms with E-state index in [1.807, 2.05) is 41.3 Å². The molecule has 5 rings (SSSR count). The van der Waals surface area contributed by atoms with Crippen molar-refractivity contribution in [1.82, 2.24) is 15.1 Å². The normalized spacial score (nSPS) is 16.8. The number of fused-ring (bicyclic) bond motifs is 2. The minimum absolute atomic E-state index is 0.0933. The summed E-state index contributed by atoms with van der Waals surface area (Å²) in [4.78, 5) is 14.8. The lowest BCUT2D eigenvalue weighted by atomic mass is 9.90. The summed E-state index contributed by atoms with van der Waals surface area (Å²) in [6, 6.07) is 14.0. The van der Waals surface area contributed by atoms with Crippen molar-refractivity contribution < 1.29 is 9.53 Å². The molecule has 1 N–H and O–H groups in total. The highest BCUT2D eigenvalue weighted by molar-refractivity contribution is 5.99. The van der Waals surface area contributed by atoms with E-state index in [4.69, 9.17) is 4.74 Å². The quantitative estimate of drug-likeness (QED) is 0.723. The van der Waals surface area contributed by atoms with E-state index in [0.29, 0.717) is 13.1 Å². The monoisotopic (exact) mass is 387 g/mol. The third kappa shape index (κ3) is 3.11. The Kier molecular flexibility index (Phi) is 4.02. The second kappa shape index (κ2) is 6.48. The Morgan fingerprint density at radius 2 is 1.93 bits per heavy atom. The first kappa shape index (κ1) is 18.0. The van der Waals surface area contributed by atoms with E-state index in [9.17, 15) is 4.79 Å². The van der Waals surface area contributed by atoms with Gasteiger partial charge in [-0.15, -0.1) is 0 Å². The zero-order chi connectivity index (χ0) is 20.2. The number of nitrogens with one attached hydrogen (secondary N) is 1. The van der Waals surface area contributed by atoms with Gasteiger partial charge in [0.2, 0.25) is 0 Å². The molecule has 2 aliphatic rings. The molecule has 0 unspecified atom stereocenters. The molecular formula is C24H25N3O2. The summed E-state index contributed by atoms with van der Waals surface area (Å²) in [6.07, 6.45) is 2.07. The van der Waals surface area contributed by atoms with Gasteiger partial charge in [-0.05, 0) is 53.6 Å². The lowest BCUT2D eigenvalue weighted by Crippen LogP contribution is -2.23. The first-order valence-corrected chi connectivity index (χ1v) is 10.1. The van der Waals surface area contributed by atoms with Gasteiger partial charge >= 0.3 is 0 Å². The molecule has 148 valence electrons. The SMILES string of the molecule is COc1ccc(CN2Cc3cc(-c4n[nH]c5c4CC(C)(C)C5)ccc3C2=O)cc1. The topological polar surface area (TPSA) is 58.2 Å². The number of carbonyl (C=O) groups excluding carboxylic acids is 1. The first-order chi connectivity index (χ1) is 13.9. The van der Waals surface area contributed by atoms with Crippen LogP contribution in [0.25, 0.3) is 11.3 Å². The van der Waals surface area contributed by atoms with Gasteiger partial charge in [0.15, 0.2) is 0 Å². The number of benzene rings is 2. The van der Waals surface area contributed by atoms with E-state index in [1.165, 1.54) is 11.3 Å². The molecule has 5 nitrogen and oxygen atoms in total. The molecule has 0 radical (unpaired) electrons. The number of hydrogen-bond donors (Lipinski definition) is 1. The van der Waals surface area contributed by atoms with Crippen LogP contribution >= 0.6 is 0 Å². The number of aromatic amines is 1. The maximum atomic E-state index is 12.9. The predicted octanol–water partition coefficient (Wildman–Crippen LogP) is 4.37. The van der Waals surface area contributed by atoms with Crippen molar-refractivity contribution in [3.63, 3.8) is 0 Å². The summed E-state index contributed by atoms with van der Waals surface area (Å²) in [5, 5.41) is 7.82. The van der Waals surface area contributed by atoms with Gasteiger partial charge in [0.25, 0.3) is 5.91 Å². The van der Waals surface area contributed by atoms with Gasteiger partial charge in [-0.25, -0.2) is 0 Å². The van der Waals surface area contributed by atoms with Gasteiger partial charge in [0.1, 0.15) is 5.75 Å². The lowest BCUT2D eigenvalue weighted by Gasteiger charge is -2.16. The van der Waals surface area contributed by atoms with Crippen LogP contribution in [0.3, 0.4) is 0 Å². The molecule has 3 aromatic rings. The Labute approximate surface area is 170 Å². The zero-order valence-electron chi connectivity index (χ0n) is 17.1. The highest BCUT2D eigenvalue weighted by atomic mass is 16.5. The van der Waals surface area contributed by atoms with Crippen molar-refractivity contribution in [3.8, 4) is 17.0 Å². The van der Waals surface area contributed by atoms with Gasteiger partial charge in [0, 0.05) is 35.5 Å². The van der Waals surface area contributed by atoms with Crippen molar-refractivity contribution in [3.05, 3.63) is 70.4 Å². The highest BCUT2D eigenvalue weighted by Gasteiger charge is 2.33. The summed E-state index contributed by atoms with van der Waals surface area (Å²) in [5.41, 5.74) is 7.97. The smallest absolute Gasteiger partial charge is 0.254 e. The fourth-order valence-corrected chi connectivity index (χ4v) is 4.60. The number of nitrogens with zero attached hydrogens (tertiary/aromatic N) is 2. The van der Waals surface area contributed by atoms with Gasteiger partial charge in [-0.1, -0.05) is 32.0 Å². The average Bonchev–Trinajstić information content (AvgIpc) is 3.32. The fourth-order valence-electron chi connectivity index (χ4n) is 4.60. The molecule has 5 heteroatoms. The number of aromatic nitrogens is 2. The summed E-state index contributed by atoms with van der Waals surface area (Å²) < 4.78 is 5.21. The second-order valence-electron chi connectivity index (χ2n) is 8.93. The minimum Gasteiger partial charge on any atom is -0.497 e. The van der Waals surface area contributed by atoms with Crippen molar-refractivity contribution in [2.24, 2.45) is 5.41 Å². The molecule has 2 heterocycles. The second-order valence-corrected chi connectivity index (χ2v) is 8.93. The molecule has 0 fully saturated rings.